The molecule has 1 heterocycles. The number of carbonyl (C=O) groups is 1. The van der Waals surface area contributed by atoms with Crippen molar-refractivity contribution in [3.8, 4) is 11.5 Å². The largest absolute Gasteiger partial charge is 0.507 e. The van der Waals surface area contributed by atoms with Crippen LogP contribution in [0, 0.1) is 0 Å². The van der Waals surface area contributed by atoms with E-state index in [1.165, 1.54) is 13.2 Å². The van der Waals surface area contributed by atoms with Gasteiger partial charge in [-0.1, -0.05) is 29.4 Å². The summed E-state index contributed by atoms with van der Waals surface area (Å²) in [7, 11) is 1.51. The van der Waals surface area contributed by atoms with E-state index in [0.29, 0.717) is 26.9 Å². The lowest BCUT2D eigenvalue weighted by molar-refractivity contribution is -0.138. The van der Waals surface area contributed by atoms with Crippen molar-refractivity contribution in [2.24, 2.45) is 4.99 Å². The molecule has 150 valence electrons. The van der Waals surface area contributed by atoms with E-state index in [0.717, 1.165) is 11.8 Å². The Morgan fingerprint density at radius 1 is 1.24 bits per heavy atom. The van der Waals surface area contributed by atoms with Crippen LogP contribution >= 0.6 is 23.4 Å². The summed E-state index contributed by atoms with van der Waals surface area (Å²) in [5, 5.41) is 21.6. The van der Waals surface area contributed by atoms with Crippen LogP contribution in [0.5, 0.6) is 11.5 Å². The highest BCUT2D eigenvalue weighted by atomic mass is 35.5. The third-order valence-electron chi connectivity index (χ3n) is 3.93. The van der Waals surface area contributed by atoms with E-state index in [9.17, 15) is 15.0 Å². The molecule has 0 saturated heterocycles. The van der Waals surface area contributed by atoms with Crippen molar-refractivity contribution >= 4 is 46.1 Å². The molecule has 2 aromatic rings. The minimum Gasteiger partial charge on any atom is -0.507 e. The molecule has 29 heavy (non-hydrogen) atoms. The monoisotopic (exact) mass is 431 g/mol. The molecule has 0 amide bonds. The second kappa shape index (κ2) is 9.07. The number of phenolic OH excluding ortho intramolecular Hbond substituents is 1. The average Bonchev–Trinajstić information content (AvgIpc) is 2.98. The van der Waals surface area contributed by atoms with Crippen molar-refractivity contribution in [1.29, 1.82) is 0 Å². The van der Waals surface area contributed by atoms with Gasteiger partial charge in [0, 0.05) is 10.6 Å². The Morgan fingerprint density at radius 2 is 2.03 bits per heavy atom. The molecule has 6 nitrogen and oxygen atoms in total. The van der Waals surface area contributed by atoms with Crippen LogP contribution in [0.2, 0.25) is 5.02 Å². The molecule has 0 bridgehead atoms. The first-order valence-corrected chi connectivity index (χ1v) is 9.84. The van der Waals surface area contributed by atoms with Crippen LogP contribution in [0.3, 0.4) is 0 Å². The van der Waals surface area contributed by atoms with Crippen LogP contribution in [-0.4, -0.2) is 34.9 Å². The minimum atomic E-state index is -0.684. The highest BCUT2D eigenvalue weighted by molar-refractivity contribution is 8.18. The average molecular weight is 432 g/mol. The number of methoxy groups -OCH3 is 1. The number of thioether (sulfide) groups is 1. The summed E-state index contributed by atoms with van der Waals surface area (Å²) in [5.41, 5.74) is 0.913. The number of rotatable bonds is 5. The molecule has 0 fully saturated rings. The number of esters is 1. The fraction of sp³-hybridized carbons (Fsp3) is 0.143. The molecule has 2 aromatic carbocycles. The molecule has 0 saturated carbocycles. The molecular weight excluding hydrogens is 414 g/mol. The highest BCUT2D eigenvalue weighted by Crippen LogP contribution is 2.41. The van der Waals surface area contributed by atoms with Crippen LogP contribution < -0.4 is 4.74 Å². The van der Waals surface area contributed by atoms with E-state index in [1.54, 1.807) is 49.4 Å². The number of hydrogen-bond acceptors (Lipinski definition) is 7. The third kappa shape index (κ3) is 4.75. The van der Waals surface area contributed by atoms with Gasteiger partial charge in [0.1, 0.15) is 27.9 Å². The smallest absolute Gasteiger partial charge is 0.344 e. The topological polar surface area (TPSA) is 88.4 Å². The highest BCUT2D eigenvalue weighted by Gasteiger charge is 2.33. The maximum atomic E-state index is 12.4. The van der Waals surface area contributed by atoms with Crippen molar-refractivity contribution in [3.63, 3.8) is 0 Å². The van der Waals surface area contributed by atoms with Gasteiger partial charge >= 0.3 is 5.97 Å². The molecule has 1 aliphatic rings. The Bertz CT molecular complexity index is 1050. The predicted molar refractivity (Wildman–Crippen MR) is 115 cm³/mol. The van der Waals surface area contributed by atoms with Crippen LogP contribution in [0.4, 0.5) is 5.69 Å². The third-order valence-corrected chi connectivity index (χ3v) is 5.19. The lowest BCUT2D eigenvalue weighted by Crippen LogP contribution is -2.12. The summed E-state index contributed by atoms with van der Waals surface area (Å²) < 4.78 is 10.2. The van der Waals surface area contributed by atoms with E-state index in [-0.39, 0.29) is 28.7 Å². The molecule has 8 heteroatoms. The number of phenols is 1. The number of ether oxygens (including phenoxy) is 2. The van der Waals surface area contributed by atoms with Gasteiger partial charge < -0.3 is 19.7 Å². The quantitative estimate of drug-likeness (QED) is 0.629. The lowest BCUT2D eigenvalue weighted by Gasteiger charge is -2.04. The maximum Gasteiger partial charge on any atom is 0.344 e. The van der Waals surface area contributed by atoms with Gasteiger partial charge in [0.25, 0.3) is 0 Å². The Morgan fingerprint density at radius 3 is 2.72 bits per heavy atom. The number of aliphatic hydroxyl groups is 1. The predicted octanol–water partition coefficient (Wildman–Crippen LogP) is 5.25. The molecule has 0 radical (unpaired) electrons. The van der Waals surface area contributed by atoms with Crippen molar-refractivity contribution in [2.75, 3.05) is 13.7 Å². The second-order valence-electron chi connectivity index (χ2n) is 5.88. The Labute approximate surface area is 177 Å². The van der Waals surface area contributed by atoms with Crippen LogP contribution in [0.1, 0.15) is 12.5 Å². The molecule has 0 aromatic heterocycles. The van der Waals surface area contributed by atoms with E-state index < -0.39 is 5.97 Å². The molecule has 0 aliphatic carbocycles. The molecule has 0 atom stereocenters. The van der Waals surface area contributed by atoms with Gasteiger partial charge in [-0.25, -0.2) is 9.79 Å². The second-order valence-corrected chi connectivity index (χ2v) is 7.34. The molecule has 0 unspecified atom stereocenters. The SMILES string of the molecule is CCOC(=O)C1=C(O)/C(=C\c2cc(OC)ccc2O)SC1=Nc1cccc(Cl)c1. The van der Waals surface area contributed by atoms with Gasteiger partial charge in [-0.15, -0.1) is 0 Å². The number of halogens is 1. The van der Waals surface area contributed by atoms with Gasteiger partial charge in [-0.05, 0) is 49.4 Å². The van der Waals surface area contributed by atoms with Gasteiger partial charge in [0.15, 0.2) is 0 Å². The summed E-state index contributed by atoms with van der Waals surface area (Å²) in [5.74, 6) is -0.405. The number of benzene rings is 2. The number of carbonyl (C=O) groups excluding carboxylic acids is 1. The van der Waals surface area contributed by atoms with Gasteiger partial charge in [-0.2, -0.15) is 0 Å². The number of aliphatic hydroxyl groups excluding tert-OH is 1. The van der Waals surface area contributed by atoms with E-state index in [2.05, 4.69) is 4.99 Å². The minimum absolute atomic E-state index is 0.00427. The van der Waals surface area contributed by atoms with E-state index in [4.69, 9.17) is 21.1 Å². The van der Waals surface area contributed by atoms with Gasteiger partial charge in [-0.3, -0.25) is 0 Å². The van der Waals surface area contributed by atoms with Crippen LogP contribution in [0.25, 0.3) is 6.08 Å². The van der Waals surface area contributed by atoms with Crippen LogP contribution in [-0.2, 0) is 9.53 Å². The zero-order valence-corrected chi connectivity index (χ0v) is 17.3. The fourth-order valence-electron chi connectivity index (χ4n) is 2.57. The van der Waals surface area contributed by atoms with Crippen molar-refractivity contribution in [2.45, 2.75) is 6.92 Å². The number of nitrogens with zero attached hydrogens (tertiary/aromatic N) is 1. The molecule has 3 rings (SSSR count). The first-order valence-electron chi connectivity index (χ1n) is 8.64. The van der Waals surface area contributed by atoms with E-state index in [1.807, 2.05) is 0 Å². The number of aromatic hydroxyl groups is 1. The molecule has 2 N–H and O–H groups in total. The molecule has 1 aliphatic heterocycles. The summed E-state index contributed by atoms with van der Waals surface area (Å²) in [6.07, 6.45) is 1.55. The molecule has 0 spiro atoms. The first-order chi connectivity index (χ1) is 13.9. The van der Waals surface area contributed by atoms with Gasteiger partial charge in [0.05, 0.1) is 24.3 Å². The summed E-state index contributed by atoms with van der Waals surface area (Å²) in [6.45, 7) is 1.83. The summed E-state index contributed by atoms with van der Waals surface area (Å²) in [4.78, 5) is 17.2. The maximum absolute atomic E-state index is 12.4. The first kappa shape index (κ1) is 20.8. The van der Waals surface area contributed by atoms with Crippen molar-refractivity contribution < 1.29 is 24.5 Å². The van der Waals surface area contributed by atoms with Crippen molar-refractivity contribution in [1.82, 2.24) is 0 Å². The van der Waals surface area contributed by atoms with E-state index >= 15 is 0 Å². The fourth-order valence-corrected chi connectivity index (χ4v) is 3.78. The Hall–Kier alpha value is -2.90. The number of aliphatic imine (C=N–C) groups is 1. The Kier molecular flexibility index (Phi) is 6.51. The zero-order valence-electron chi connectivity index (χ0n) is 15.7. The molecular formula is C21H18ClNO5S. The standard InChI is InChI=1S/C21H18ClNO5S/c1-3-28-21(26)18-19(25)17(10-12-9-15(27-2)7-8-16(12)24)29-20(18)23-14-6-4-5-13(22)11-14/h4-11,24-25H,3H2,1-2H3/b17-10+,23-20?. The van der Waals surface area contributed by atoms with Crippen LogP contribution in [0.15, 0.2) is 63.7 Å². The number of hydrogen-bond donors (Lipinski definition) is 2. The lowest BCUT2D eigenvalue weighted by atomic mass is 10.1. The van der Waals surface area contributed by atoms with Crippen molar-refractivity contribution in [3.05, 3.63) is 69.3 Å². The zero-order chi connectivity index (χ0) is 21.0. The summed E-state index contributed by atoms with van der Waals surface area (Å²) >= 11 is 7.10. The normalized spacial score (nSPS) is 16.5. The van der Waals surface area contributed by atoms with Gasteiger partial charge in [0.2, 0.25) is 0 Å². The Balaban J connectivity index is 2.08. The summed E-state index contributed by atoms with van der Waals surface area (Å²) in [6, 6.07) is 11.5.